The van der Waals surface area contributed by atoms with E-state index in [-0.39, 0.29) is 36.4 Å². The van der Waals surface area contributed by atoms with Crippen molar-refractivity contribution in [2.45, 2.75) is 13.3 Å². The van der Waals surface area contributed by atoms with E-state index >= 15 is 0 Å². The molecule has 0 aliphatic carbocycles. The average Bonchev–Trinajstić information content (AvgIpc) is 2.36. The summed E-state index contributed by atoms with van der Waals surface area (Å²) < 4.78 is 0.676. The number of aliphatic hydroxyl groups is 1. The maximum atomic E-state index is 11.8. The van der Waals surface area contributed by atoms with Gasteiger partial charge in [0.25, 0.3) is 0 Å². The second-order valence-corrected chi connectivity index (χ2v) is 5.14. The van der Waals surface area contributed by atoms with Gasteiger partial charge in [0.15, 0.2) is 5.78 Å². The predicted octanol–water partition coefficient (Wildman–Crippen LogP) is 0.702. The van der Waals surface area contributed by atoms with Crippen molar-refractivity contribution in [2.75, 3.05) is 33.8 Å². The molecule has 0 heterocycles. The number of likely N-dealkylation sites (N-methyl/N-ethyl adjacent to an activating group) is 1. The zero-order valence-corrected chi connectivity index (χ0v) is 15.1. The molecule has 0 aliphatic heterocycles. The number of carboxylic acids is 1. The molecule has 6 heteroatoms. The van der Waals surface area contributed by atoms with E-state index in [0.717, 1.165) is 19.0 Å². The van der Waals surface area contributed by atoms with Crippen LogP contribution >= 0.6 is 24.0 Å². The molecule has 1 aromatic carbocycles. The lowest BCUT2D eigenvalue weighted by molar-refractivity contribution is -0.889. The minimum Gasteiger partial charge on any atom is -0.550 e. The number of carbonyl (C=O) groups excluding carboxylic acids is 2. The van der Waals surface area contributed by atoms with Gasteiger partial charge in [0.2, 0.25) is 0 Å². The molecule has 0 aromatic heterocycles. The highest BCUT2D eigenvalue weighted by atomic mass is 127. The Balaban J connectivity index is 0. The smallest absolute Gasteiger partial charge is 0.168 e. The van der Waals surface area contributed by atoms with Gasteiger partial charge in [-0.05, 0) is 6.92 Å². The van der Waals surface area contributed by atoms with Crippen molar-refractivity contribution in [3.63, 3.8) is 0 Å². The lowest BCUT2D eigenvalue weighted by Gasteiger charge is -2.28. The van der Waals surface area contributed by atoms with Crippen LogP contribution in [0.5, 0.6) is 0 Å². The highest BCUT2D eigenvalue weighted by molar-refractivity contribution is 14.0. The molecule has 0 saturated heterocycles. The maximum absolute atomic E-state index is 11.8. The fraction of sp³-hybridized carbons (Fsp3) is 0.467. The van der Waals surface area contributed by atoms with Gasteiger partial charge < -0.3 is 19.5 Å². The molecule has 0 aliphatic rings. The third-order valence-corrected chi connectivity index (χ3v) is 2.75. The molecule has 0 bridgehead atoms. The molecule has 1 N–H and O–H groups in total. The summed E-state index contributed by atoms with van der Waals surface area (Å²) in [6.45, 7) is 2.57. The predicted molar refractivity (Wildman–Crippen MR) is 90.4 cm³/mol. The van der Waals surface area contributed by atoms with Crippen LogP contribution in [-0.4, -0.2) is 55.1 Å². The quantitative estimate of drug-likeness (QED) is 0.427. The lowest BCUT2D eigenvalue weighted by Crippen LogP contribution is -2.43. The molecule has 0 radical (unpaired) electrons. The maximum Gasteiger partial charge on any atom is 0.168 e. The van der Waals surface area contributed by atoms with E-state index < -0.39 is 5.97 Å². The summed E-state index contributed by atoms with van der Waals surface area (Å²) in [5, 5.41) is 17.8. The van der Waals surface area contributed by atoms with E-state index in [2.05, 4.69) is 0 Å². The topological polar surface area (TPSA) is 77.4 Å². The van der Waals surface area contributed by atoms with E-state index in [1.165, 1.54) is 0 Å². The van der Waals surface area contributed by atoms with E-state index in [9.17, 15) is 4.79 Å². The van der Waals surface area contributed by atoms with Crippen LogP contribution in [0.2, 0.25) is 0 Å². The van der Waals surface area contributed by atoms with E-state index in [0.29, 0.717) is 17.4 Å². The largest absolute Gasteiger partial charge is 0.550 e. The van der Waals surface area contributed by atoms with Gasteiger partial charge in [-0.15, -0.1) is 24.0 Å². The fourth-order valence-electron chi connectivity index (χ4n) is 1.56. The first-order valence-electron chi connectivity index (χ1n) is 6.47. The van der Waals surface area contributed by atoms with Crippen molar-refractivity contribution >= 4 is 35.7 Å². The molecule has 0 unspecified atom stereocenters. The summed E-state index contributed by atoms with van der Waals surface area (Å²) in [5.74, 6) is -0.912. The number of carbonyl (C=O) groups is 2. The third kappa shape index (κ3) is 12.5. The molecule has 120 valence electrons. The highest BCUT2D eigenvalue weighted by Crippen LogP contribution is 2.06. The number of ketones is 1. The second kappa shape index (κ2) is 11.6. The average molecular weight is 409 g/mol. The number of quaternary nitrogens is 1. The Morgan fingerprint density at radius 2 is 1.62 bits per heavy atom. The van der Waals surface area contributed by atoms with Crippen molar-refractivity contribution in [1.29, 1.82) is 0 Å². The molecule has 0 amide bonds. The van der Waals surface area contributed by atoms with Gasteiger partial charge in [-0.25, -0.2) is 0 Å². The number of Topliss-reactive ketones (excluding diaryl/α,β-unsaturated/α-hetero) is 1. The van der Waals surface area contributed by atoms with Crippen molar-refractivity contribution in [1.82, 2.24) is 0 Å². The number of hydrogen-bond acceptors (Lipinski definition) is 4. The van der Waals surface area contributed by atoms with Crippen molar-refractivity contribution in [2.24, 2.45) is 0 Å². The molecular formula is C15H24INO4. The second-order valence-electron chi connectivity index (χ2n) is 5.14. The summed E-state index contributed by atoms with van der Waals surface area (Å²) in [4.78, 5) is 20.7. The molecule has 0 saturated carbocycles. The van der Waals surface area contributed by atoms with Gasteiger partial charge in [0, 0.05) is 11.5 Å². The summed E-state index contributed by atoms with van der Waals surface area (Å²) >= 11 is 0. The van der Waals surface area contributed by atoms with Gasteiger partial charge >= 0.3 is 0 Å². The van der Waals surface area contributed by atoms with E-state index in [4.69, 9.17) is 15.0 Å². The Morgan fingerprint density at radius 1 is 1.14 bits per heavy atom. The van der Waals surface area contributed by atoms with Crippen LogP contribution in [0.1, 0.15) is 23.7 Å². The molecule has 0 spiro atoms. The first kappa shape index (κ1) is 22.3. The number of nitrogens with zero attached hydrogens (tertiary/aromatic N) is 1. The fourth-order valence-corrected chi connectivity index (χ4v) is 1.56. The van der Waals surface area contributed by atoms with E-state index in [1.54, 1.807) is 0 Å². The van der Waals surface area contributed by atoms with E-state index in [1.807, 2.05) is 44.4 Å². The molecule has 21 heavy (non-hydrogen) atoms. The van der Waals surface area contributed by atoms with Gasteiger partial charge in [0.1, 0.15) is 6.54 Å². The first-order chi connectivity index (χ1) is 9.28. The van der Waals surface area contributed by atoms with Crippen LogP contribution in [0.25, 0.3) is 0 Å². The minimum atomic E-state index is -1.08. The molecular weight excluding hydrogens is 385 g/mol. The first-order valence-corrected chi connectivity index (χ1v) is 6.47. The number of rotatable bonds is 6. The summed E-state index contributed by atoms with van der Waals surface area (Å²) in [5.41, 5.74) is 0.770. The zero-order chi connectivity index (χ0) is 15.6. The number of aliphatic hydroxyl groups excluding tert-OH is 1. The zero-order valence-electron chi connectivity index (χ0n) is 12.7. The molecule has 1 aromatic rings. The number of hydrogen-bond donors (Lipinski definition) is 1. The standard InChI is InChI=1S/C13H20NO2.C2H4O2.HI/c1-14(2,10-11-15)9-8-13(16)12-6-4-3-5-7-12;1-2(3)4;/h3-7,15H,8-11H2,1-2H3;1H3,(H,3,4);1H/q+1;;/p-1. The summed E-state index contributed by atoms with van der Waals surface area (Å²) in [6, 6.07) is 9.34. The Kier molecular flexibility index (Phi) is 12.4. The van der Waals surface area contributed by atoms with Crippen LogP contribution < -0.4 is 5.11 Å². The molecule has 0 fully saturated rings. The van der Waals surface area contributed by atoms with Gasteiger partial charge in [-0.1, -0.05) is 30.3 Å². The van der Waals surface area contributed by atoms with Crippen LogP contribution in [0.3, 0.4) is 0 Å². The Bertz CT molecular complexity index is 417. The third-order valence-electron chi connectivity index (χ3n) is 2.75. The van der Waals surface area contributed by atoms with Crippen LogP contribution in [0.15, 0.2) is 30.3 Å². The lowest BCUT2D eigenvalue weighted by atomic mass is 10.1. The number of aliphatic carboxylic acids is 1. The highest BCUT2D eigenvalue weighted by Gasteiger charge is 2.16. The Labute approximate surface area is 143 Å². The van der Waals surface area contributed by atoms with Gasteiger partial charge in [-0.3, -0.25) is 4.79 Å². The minimum absolute atomic E-state index is 0. The van der Waals surface area contributed by atoms with Crippen molar-refractivity contribution in [3.05, 3.63) is 35.9 Å². The summed E-state index contributed by atoms with van der Waals surface area (Å²) in [6.07, 6.45) is 0.525. The SMILES string of the molecule is CC(=O)[O-].C[N+](C)(CCO)CCC(=O)c1ccccc1.I. The molecule has 0 atom stereocenters. The number of halogens is 1. The molecule has 5 nitrogen and oxygen atoms in total. The number of carboxylic acid groups (broad SMARTS) is 1. The normalized spacial score (nSPS) is 9.90. The Morgan fingerprint density at radius 3 is 2.05 bits per heavy atom. The Hall–Kier alpha value is -0.990. The van der Waals surface area contributed by atoms with Gasteiger partial charge in [-0.2, -0.15) is 0 Å². The monoisotopic (exact) mass is 409 g/mol. The number of benzene rings is 1. The van der Waals surface area contributed by atoms with Crippen LogP contribution in [0, 0.1) is 0 Å². The van der Waals surface area contributed by atoms with Crippen molar-refractivity contribution in [3.8, 4) is 0 Å². The van der Waals surface area contributed by atoms with Gasteiger partial charge in [0.05, 0.1) is 33.7 Å². The van der Waals surface area contributed by atoms with Crippen molar-refractivity contribution < 1.29 is 24.3 Å². The van der Waals surface area contributed by atoms with Crippen LogP contribution in [0.4, 0.5) is 0 Å². The van der Waals surface area contributed by atoms with Crippen LogP contribution in [-0.2, 0) is 4.79 Å². The molecule has 1 rings (SSSR count). The summed E-state index contributed by atoms with van der Waals surface area (Å²) in [7, 11) is 4.04.